The van der Waals surface area contributed by atoms with Crippen LogP contribution in [-0.2, 0) is 6.54 Å². The topological polar surface area (TPSA) is 127 Å². The third-order valence-electron chi connectivity index (χ3n) is 3.65. The fourth-order valence-corrected chi connectivity index (χ4v) is 2.20. The molecule has 1 fully saturated rings. The average molecular weight is 327 g/mol. The van der Waals surface area contributed by atoms with Crippen LogP contribution >= 0.6 is 0 Å². The monoisotopic (exact) mass is 327 g/mol. The number of carbonyl (C=O) groups excluding carboxylic acids is 1. The van der Waals surface area contributed by atoms with Gasteiger partial charge < -0.3 is 19.3 Å². The molecule has 0 aliphatic heterocycles. The highest BCUT2D eigenvalue weighted by atomic mass is 16.5. The minimum absolute atomic E-state index is 0.0678. The van der Waals surface area contributed by atoms with E-state index in [0.29, 0.717) is 23.0 Å². The molecular weight excluding hydrogens is 314 g/mol. The van der Waals surface area contributed by atoms with E-state index in [1.165, 1.54) is 18.3 Å². The molecule has 1 saturated carbocycles. The summed E-state index contributed by atoms with van der Waals surface area (Å²) in [7, 11) is 0. The third kappa shape index (κ3) is 2.96. The summed E-state index contributed by atoms with van der Waals surface area (Å²) in [5.41, 5.74) is 0.574. The van der Waals surface area contributed by atoms with Crippen LogP contribution in [0.15, 0.2) is 38.2 Å². The molecule has 1 aliphatic carbocycles. The van der Waals surface area contributed by atoms with Crippen LogP contribution in [-0.4, -0.2) is 26.2 Å². The van der Waals surface area contributed by atoms with E-state index >= 15 is 0 Å². The Bertz CT molecular complexity index is 917. The smallest absolute Gasteiger partial charge is 0.253 e. The first kappa shape index (κ1) is 14.4. The van der Waals surface area contributed by atoms with Gasteiger partial charge in [0.05, 0.1) is 12.1 Å². The van der Waals surface area contributed by atoms with Crippen molar-refractivity contribution in [2.24, 2.45) is 0 Å². The van der Waals surface area contributed by atoms with Crippen molar-refractivity contribution in [2.45, 2.75) is 25.3 Å². The first-order valence-electron chi connectivity index (χ1n) is 7.45. The second-order valence-corrected chi connectivity index (χ2v) is 5.52. The van der Waals surface area contributed by atoms with Crippen LogP contribution in [0.3, 0.4) is 0 Å². The van der Waals surface area contributed by atoms with Gasteiger partial charge in [0.2, 0.25) is 17.3 Å². The van der Waals surface area contributed by atoms with Crippen molar-refractivity contribution in [3.8, 4) is 11.5 Å². The number of hydrogen-bond donors (Lipinski definition) is 2. The summed E-state index contributed by atoms with van der Waals surface area (Å²) >= 11 is 0. The Kier molecular flexibility index (Phi) is 3.45. The van der Waals surface area contributed by atoms with Crippen LogP contribution in [0.25, 0.3) is 11.5 Å². The molecule has 0 aromatic carbocycles. The molecule has 0 saturated heterocycles. The molecule has 9 nitrogen and oxygen atoms in total. The minimum atomic E-state index is -0.358. The Balaban J connectivity index is 1.40. The normalized spacial score (nSPS) is 13.8. The Labute approximate surface area is 135 Å². The van der Waals surface area contributed by atoms with Gasteiger partial charge in [0, 0.05) is 24.2 Å². The molecule has 4 rings (SSSR count). The summed E-state index contributed by atoms with van der Waals surface area (Å²) in [6, 6.07) is 4.52. The Hall–Kier alpha value is -3.23. The average Bonchev–Trinajstić information content (AvgIpc) is 3.13. The molecule has 9 heteroatoms. The first-order chi connectivity index (χ1) is 11.7. The lowest BCUT2D eigenvalue weighted by molar-refractivity contribution is 0.0946. The van der Waals surface area contributed by atoms with Crippen molar-refractivity contribution in [1.82, 2.24) is 25.6 Å². The fourth-order valence-electron chi connectivity index (χ4n) is 2.20. The summed E-state index contributed by atoms with van der Waals surface area (Å²) in [4.78, 5) is 29.5. The predicted octanol–water partition coefficient (Wildman–Crippen LogP) is 1.22. The first-order valence-corrected chi connectivity index (χ1v) is 7.45. The molecule has 3 heterocycles. The number of hydrogen-bond acceptors (Lipinski definition) is 7. The minimum Gasteiger partial charge on any atom is -0.360 e. The van der Waals surface area contributed by atoms with Crippen molar-refractivity contribution >= 4 is 5.91 Å². The van der Waals surface area contributed by atoms with Gasteiger partial charge in [-0.3, -0.25) is 9.59 Å². The quantitative estimate of drug-likeness (QED) is 0.721. The highest BCUT2D eigenvalue weighted by Gasteiger charge is 2.28. The summed E-state index contributed by atoms with van der Waals surface area (Å²) in [6.45, 7) is 0.0678. The SMILES string of the molecule is O=C(NCc1nc(-c2cc(C3CC3)on2)no1)c1ccc(=O)[nH]c1. The van der Waals surface area contributed by atoms with Gasteiger partial charge in [-0.05, 0) is 18.9 Å². The number of carbonyl (C=O) groups is 1. The zero-order chi connectivity index (χ0) is 16.5. The van der Waals surface area contributed by atoms with Crippen LogP contribution in [0.5, 0.6) is 0 Å². The molecular formula is C15H13N5O4. The zero-order valence-corrected chi connectivity index (χ0v) is 12.5. The van der Waals surface area contributed by atoms with Crippen LogP contribution in [0.4, 0.5) is 0 Å². The van der Waals surface area contributed by atoms with E-state index in [9.17, 15) is 9.59 Å². The van der Waals surface area contributed by atoms with Gasteiger partial charge in [0.25, 0.3) is 5.91 Å². The number of rotatable bonds is 5. The van der Waals surface area contributed by atoms with Gasteiger partial charge in [-0.15, -0.1) is 0 Å². The standard InChI is InChI=1S/C15H13N5O4/c21-12-4-3-9(6-16-12)15(22)17-7-13-18-14(20-24-13)10-5-11(23-19-10)8-1-2-8/h3-6,8H,1-2,7H2,(H,16,21)(H,17,22). The number of aromatic nitrogens is 4. The van der Waals surface area contributed by atoms with Crippen molar-refractivity contribution < 1.29 is 13.8 Å². The zero-order valence-electron chi connectivity index (χ0n) is 12.5. The molecule has 0 unspecified atom stereocenters. The van der Waals surface area contributed by atoms with Gasteiger partial charge in [-0.2, -0.15) is 4.98 Å². The van der Waals surface area contributed by atoms with E-state index < -0.39 is 0 Å². The second-order valence-electron chi connectivity index (χ2n) is 5.52. The molecule has 2 N–H and O–H groups in total. The number of pyridine rings is 1. The number of nitrogens with zero attached hydrogens (tertiary/aromatic N) is 3. The van der Waals surface area contributed by atoms with Crippen LogP contribution < -0.4 is 10.9 Å². The molecule has 0 radical (unpaired) electrons. The molecule has 122 valence electrons. The largest absolute Gasteiger partial charge is 0.360 e. The van der Waals surface area contributed by atoms with Gasteiger partial charge >= 0.3 is 0 Å². The van der Waals surface area contributed by atoms with Crippen molar-refractivity contribution in [2.75, 3.05) is 0 Å². The number of amides is 1. The molecule has 1 aliphatic rings. The van der Waals surface area contributed by atoms with Gasteiger partial charge in [-0.25, -0.2) is 0 Å². The summed E-state index contributed by atoms with van der Waals surface area (Å²) in [5, 5.41) is 10.4. The lowest BCUT2D eigenvalue weighted by Crippen LogP contribution is -2.23. The predicted molar refractivity (Wildman–Crippen MR) is 80.0 cm³/mol. The molecule has 1 amide bonds. The van der Waals surface area contributed by atoms with Gasteiger partial charge in [0.15, 0.2) is 5.69 Å². The van der Waals surface area contributed by atoms with Crippen LogP contribution in [0, 0.1) is 0 Å². The maximum atomic E-state index is 11.9. The molecule has 3 aromatic heterocycles. The Morgan fingerprint density at radius 3 is 2.92 bits per heavy atom. The van der Waals surface area contributed by atoms with Gasteiger partial charge in [-0.1, -0.05) is 10.3 Å². The third-order valence-corrected chi connectivity index (χ3v) is 3.65. The van der Waals surface area contributed by atoms with Gasteiger partial charge in [0.1, 0.15) is 5.76 Å². The van der Waals surface area contributed by atoms with Crippen LogP contribution in [0.1, 0.15) is 40.8 Å². The lowest BCUT2D eigenvalue weighted by atomic mass is 10.2. The highest BCUT2D eigenvalue weighted by molar-refractivity contribution is 5.93. The van der Waals surface area contributed by atoms with E-state index in [4.69, 9.17) is 9.05 Å². The summed E-state index contributed by atoms with van der Waals surface area (Å²) in [5.74, 6) is 1.50. The van der Waals surface area contributed by atoms with E-state index in [-0.39, 0.29) is 23.9 Å². The molecule has 3 aromatic rings. The Morgan fingerprint density at radius 2 is 2.17 bits per heavy atom. The molecule has 0 atom stereocenters. The van der Waals surface area contributed by atoms with E-state index in [1.54, 1.807) is 0 Å². The number of nitrogens with one attached hydrogen (secondary N) is 2. The van der Waals surface area contributed by atoms with Crippen molar-refractivity contribution in [3.05, 3.63) is 52.0 Å². The van der Waals surface area contributed by atoms with E-state index in [2.05, 4.69) is 25.6 Å². The van der Waals surface area contributed by atoms with Crippen molar-refractivity contribution in [1.29, 1.82) is 0 Å². The maximum absolute atomic E-state index is 11.9. The second kappa shape index (κ2) is 5.76. The molecule has 0 bridgehead atoms. The number of H-pyrrole nitrogens is 1. The van der Waals surface area contributed by atoms with Crippen LogP contribution in [0.2, 0.25) is 0 Å². The molecule has 0 spiro atoms. The summed E-state index contributed by atoms with van der Waals surface area (Å²) < 4.78 is 10.3. The summed E-state index contributed by atoms with van der Waals surface area (Å²) in [6.07, 6.45) is 3.57. The van der Waals surface area contributed by atoms with E-state index in [1.807, 2.05) is 6.07 Å². The lowest BCUT2D eigenvalue weighted by Gasteiger charge is -2.00. The van der Waals surface area contributed by atoms with E-state index in [0.717, 1.165) is 18.6 Å². The maximum Gasteiger partial charge on any atom is 0.253 e. The highest BCUT2D eigenvalue weighted by Crippen LogP contribution is 2.40. The Morgan fingerprint density at radius 1 is 1.29 bits per heavy atom. The fraction of sp³-hybridized carbons (Fsp3) is 0.267. The molecule has 24 heavy (non-hydrogen) atoms. The number of aromatic amines is 1. The van der Waals surface area contributed by atoms with Crippen molar-refractivity contribution in [3.63, 3.8) is 0 Å².